The molecule has 57 heavy (non-hydrogen) atoms. The Morgan fingerprint density at radius 2 is 0.842 bits per heavy atom. The first-order chi connectivity index (χ1) is 26.5. The largest absolute Gasteiger partial charge is 0.308 e. The molecule has 7 aromatic rings. The Morgan fingerprint density at radius 3 is 1.25 bits per heavy atom. The smallest absolute Gasteiger partial charge is 0.168 e. The fourth-order valence-electron chi connectivity index (χ4n) is 14.1. The summed E-state index contributed by atoms with van der Waals surface area (Å²) in [7, 11) is 0. The molecule has 4 aliphatic rings. The highest BCUT2D eigenvalue weighted by molar-refractivity contribution is 6.33. The molecule has 0 amide bonds. The van der Waals surface area contributed by atoms with Crippen LogP contribution < -0.4 is 0 Å². The quantitative estimate of drug-likeness (QED) is 0.155. The first-order valence-electron chi connectivity index (χ1n) is 21.2. The minimum Gasteiger partial charge on any atom is -0.308 e. The van der Waals surface area contributed by atoms with Gasteiger partial charge in [-0.2, -0.15) is 0 Å². The van der Waals surface area contributed by atoms with E-state index in [4.69, 9.17) is 0 Å². The molecule has 3 heteroatoms. The van der Waals surface area contributed by atoms with Crippen molar-refractivity contribution in [2.24, 2.45) is 10.8 Å². The second-order valence-corrected chi connectivity index (χ2v) is 22.4. The van der Waals surface area contributed by atoms with Crippen LogP contribution in [-0.4, -0.2) is 16.0 Å². The highest BCUT2D eigenvalue weighted by atomic mass is 16.1. The lowest BCUT2D eigenvalue weighted by Crippen LogP contribution is -2.58. The van der Waals surface area contributed by atoms with E-state index in [-0.39, 0.29) is 38.6 Å². The molecule has 0 aliphatic heterocycles. The summed E-state index contributed by atoms with van der Waals surface area (Å²) in [6, 6.07) is 27.7. The van der Waals surface area contributed by atoms with Crippen molar-refractivity contribution >= 4 is 49.7 Å². The lowest BCUT2D eigenvalue weighted by atomic mass is 9.41. The van der Waals surface area contributed by atoms with Crippen LogP contribution in [0.4, 0.5) is 0 Å². The third-order valence-corrected chi connectivity index (χ3v) is 16.7. The van der Waals surface area contributed by atoms with Crippen molar-refractivity contribution in [1.29, 1.82) is 0 Å². The summed E-state index contributed by atoms with van der Waals surface area (Å²) in [4.78, 5) is 29.1. The molecule has 0 saturated heterocycles. The molecule has 11 rings (SSSR count). The SMILES string of the molecule is CC1(C)CC(C)(C)c2cc3c4c5c6c(c7c8cc9c(cc8n(c3cc2C1=O)c47)C(=O)C(C)(C)CC9(C)C)-c1ccccc1C(C)(C)C6(C)C(C)(C)c1ccccc1-5. The minimum atomic E-state index is -0.473. The van der Waals surface area contributed by atoms with Crippen molar-refractivity contribution in [2.45, 2.75) is 130 Å². The van der Waals surface area contributed by atoms with Gasteiger partial charge in [-0.3, -0.25) is 9.59 Å². The maximum Gasteiger partial charge on any atom is 0.168 e. The fraction of sp³-hybridized carbons (Fsp3) is 0.407. The van der Waals surface area contributed by atoms with Gasteiger partial charge in [0.2, 0.25) is 0 Å². The van der Waals surface area contributed by atoms with Gasteiger partial charge in [0.05, 0.1) is 16.6 Å². The van der Waals surface area contributed by atoms with E-state index in [1.165, 1.54) is 66.0 Å². The number of ketones is 2. The summed E-state index contributed by atoms with van der Waals surface area (Å²) >= 11 is 0. The van der Waals surface area contributed by atoms with Gasteiger partial charge in [-0.15, -0.1) is 0 Å². The number of nitrogens with zero attached hydrogens (tertiary/aromatic N) is 1. The molecule has 0 fully saturated rings. The zero-order valence-corrected chi connectivity index (χ0v) is 36.1. The average molecular weight is 750 g/mol. The summed E-state index contributed by atoms with van der Waals surface area (Å²) in [6.45, 7) is 30.2. The van der Waals surface area contributed by atoms with E-state index in [9.17, 15) is 9.59 Å². The predicted octanol–water partition coefficient (Wildman–Crippen LogP) is 13.8. The number of carbonyl (C=O) groups excluding carboxylic acids is 2. The average Bonchev–Trinajstić information content (AvgIpc) is 3.64. The number of hydrogen-bond donors (Lipinski definition) is 0. The topological polar surface area (TPSA) is 38.5 Å². The van der Waals surface area contributed by atoms with Crippen molar-refractivity contribution in [3.8, 4) is 22.3 Å². The standard InChI is InChI=1S/C54H55NO2/c1-48(2)26-50(5,6)46(56)30-24-38-32(22-36(30)48)42-40-28-18-14-16-20-34(28)52(9,10)54(13)44(40)41(29-19-15-17-21-35(29)53(54,11)12)43-33-23-37-31(25-39(33)55(38)45(42)43)47(57)51(7,8)27-49(37,3)4/h14-25H,26-27H2,1-13H3. The van der Waals surface area contributed by atoms with Crippen molar-refractivity contribution in [1.82, 2.24) is 4.40 Å². The van der Waals surface area contributed by atoms with Gasteiger partial charge in [-0.1, -0.05) is 139 Å². The molecule has 0 bridgehead atoms. The summed E-state index contributed by atoms with van der Waals surface area (Å²) in [5.41, 5.74) is 14.7. The Bertz CT molecular complexity index is 2870. The van der Waals surface area contributed by atoms with Crippen molar-refractivity contribution < 1.29 is 9.59 Å². The minimum absolute atomic E-state index is 0.191. The van der Waals surface area contributed by atoms with Crippen LogP contribution in [0.15, 0.2) is 72.8 Å². The van der Waals surface area contributed by atoms with Gasteiger partial charge in [0.25, 0.3) is 0 Å². The van der Waals surface area contributed by atoms with Gasteiger partial charge in [0, 0.05) is 59.7 Å². The number of fused-ring (bicyclic) bond motifs is 14. The van der Waals surface area contributed by atoms with E-state index in [1.54, 1.807) is 0 Å². The van der Waals surface area contributed by atoms with Gasteiger partial charge in [-0.05, 0) is 98.0 Å². The molecule has 0 unspecified atom stereocenters. The molecule has 5 aromatic carbocycles. The van der Waals surface area contributed by atoms with Crippen molar-refractivity contribution in [3.63, 3.8) is 0 Å². The third kappa shape index (κ3) is 3.78. The zero-order chi connectivity index (χ0) is 40.5. The molecule has 0 radical (unpaired) electrons. The summed E-state index contributed by atoms with van der Waals surface area (Å²) in [5.74, 6) is 0.436. The number of carbonyl (C=O) groups is 2. The monoisotopic (exact) mass is 749 g/mol. The molecule has 0 atom stereocenters. The van der Waals surface area contributed by atoms with Gasteiger partial charge in [0.15, 0.2) is 11.6 Å². The fourth-order valence-corrected chi connectivity index (χ4v) is 14.1. The molecule has 0 saturated carbocycles. The number of Topliss-reactive ketones (excluding diaryl/α,β-unsaturated/α-hetero) is 2. The second kappa shape index (κ2) is 9.91. The second-order valence-electron chi connectivity index (χ2n) is 22.4. The van der Waals surface area contributed by atoms with Crippen LogP contribution in [0.5, 0.6) is 0 Å². The third-order valence-electron chi connectivity index (χ3n) is 16.7. The first kappa shape index (κ1) is 35.4. The van der Waals surface area contributed by atoms with E-state index in [0.29, 0.717) is 0 Å². The van der Waals surface area contributed by atoms with Gasteiger partial charge in [0.1, 0.15) is 0 Å². The lowest BCUT2D eigenvalue weighted by molar-refractivity contribution is 0.0760. The van der Waals surface area contributed by atoms with Gasteiger partial charge < -0.3 is 4.40 Å². The van der Waals surface area contributed by atoms with Crippen molar-refractivity contribution in [3.05, 3.63) is 112 Å². The molecule has 2 heterocycles. The zero-order valence-electron chi connectivity index (χ0n) is 36.1. The van der Waals surface area contributed by atoms with Gasteiger partial charge in [-0.25, -0.2) is 0 Å². The van der Waals surface area contributed by atoms with E-state index in [1.807, 2.05) is 0 Å². The van der Waals surface area contributed by atoms with Crippen LogP contribution in [0.1, 0.15) is 151 Å². The molecular formula is C54H55NO2. The van der Waals surface area contributed by atoms with Crippen LogP contribution in [0.2, 0.25) is 0 Å². The first-order valence-corrected chi connectivity index (χ1v) is 21.2. The van der Waals surface area contributed by atoms with Crippen LogP contribution in [0, 0.1) is 10.8 Å². The molecule has 288 valence electrons. The normalized spacial score (nSPS) is 22.3. The number of hydrogen-bond acceptors (Lipinski definition) is 2. The molecular weight excluding hydrogens is 695 g/mol. The summed E-state index contributed by atoms with van der Waals surface area (Å²) < 4.78 is 2.47. The maximum atomic E-state index is 14.5. The predicted molar refractivity (Wildman–Crippen MR) is 237 cm³/mol. The highest BCUT2D eigenvalue weighted by Crippen LogP contribution is 2.69. The molecule has 3 nitrogen and oxygen atoms in total. The Morgan fingerprint density at radius 1 is 0.456 bits per heavy atom. The van der Waals surface area contributed by atoms with E-state index < -0.39 is 10.8 Å². The maximum absolute atomic E-state index is 14.5. The molecule has 0 N–H and O–H groups in total. The number of rotatable bonds is 0. The van der Waals surface area contributed by atoms with Crippen LogP contribution in [0.3, 0.4) is 0 Å². The number of benzene rings is 5. The van der Waals surface area contributed by atoms with Crippen molar-refractivity contribution in [2.75, 3.05) is 0 Å². The lowest BCUT2D eigenvalue weighted by Gasteiger charge is -2.61. The van der Waals surface area contributed by atoms with E-state index in [0.717, 1.165) is 46.1 Å². The van der Waals surface area contributed by atoms with Gasteiger partial charge >= 0.3 is 0 Å². The Labute approximate surface area is 337 Å². The summed E-state index contributed by atoms with van der Waals surface area (Å²) in [5, 5.41) is 4.96. The van der Waals surface area contributed by atoms with Crippen LogP contribution in [0.25, 0.3) is 60.3 Å². The Hall–Kier alpha value is -4.76. The van der Waals surface area contributed by atoms with Crippen LogP contribution in [-0.2, 0) is 27.1 Å². The Balaban J connectivity index is 1.48. The molecule has 4 aliphatic carbocycles. The van der Waals surface area contributed by atoms with Crippen LogP contribution >= 0.6 is 0 Å². The molecule has 2 aromatic heterocycles. The van der Waals surface area contributed by atoms with E-state index >= 15 is 0 Å². The number of aromatic nitrogens is 1. The highest BCUT2D eigenvalue weighted by Gasteiger charge is 2.61. The summed E-state index contributed by atoms with van der Waals surface area (Å²) in [6.07, 6.45) is 1.60. The van der Waals surface area contributed by atoms with E-state index in [2.05, 4.69) is 167 Å². The molecule has 0 spiro atoms. The Kier molecular flexibility index (Phi) is 6.16.